The summed E-state index contributed by atoms with van der Waals surface area (Å²) >= 11 is 1.64. The molecule has 0 radical (unpaired) electrons. The normalized spacial score (nSPS) is 12.8. The fourth-order valence-electron chi connectivity index (χ4n) is 2.25. The number of aryl methyl sites for hydroxylation is 1. The Morgan fingerprint density at radius 1 is 1.32 bits per heavy atom. The minimum atomic E-state index is -0.210. The van der Waals surface area contributed by atoms with Gasteiger partial charge in [0.2, 0.25) is 0 Å². The summed E-state index contributed by atoms with van der Waals surface area (Å²) in [6.45, 7) is 2.04. The maximum atomic E-state index is 6.28. The molecule has 0 bridgehead atoms. The van der Waals surface area contributed by atoms with Gasteiger partial charge in [0.25, 0.3) is 0 Å². The molecule has 2 heterocycles. The van der Waals surface area contributed by atoms with Crippen LogP contribution in [0.5, 0.6) is 5.75 Å². The van der Waals surface area contributed by atoms with Crippen LogP contribution >= 0.6 is 11.3 Å². The molecule has 3 rings (SSSR count). The van der Waals surface area contributed by atoms with Crippen molar-refractivity contribution >= 4 is 22.3 Å². The first-order valence-electron chi connectivity index (χ1n) is 6.06. The van der Waals surface area contributed by atoms with Crippen LogP contribution in [-0.2, 0) is 0 Å². The van der Waals surface area contributed by atoms with Gasteiger partial charge in [0.05, 0.1) is 13.2 Å². The molecule has 1 aromatic carbocycles. The average molecular weight is 273 g/mol. The van der Waals surface area contributed by atoms with Crippen molar-refractivity contribution in [3.05, 3.63) is 51.9 Å². The van der Waals surface area contributed by atoms with Gasteiger partial charge in [-0.25, -0.2) is 0 Å². The Balaban J connectivity index is 2.11. The molecule has 0 saturated heterocycles. The minimum absolute atomic E-state index is 0.210. The molecule has 0 aliphatic rings. The zero-order chi connectivity index (χ0) is 13.4. The third kappa shape index (κ3) is 2.03. The molecular weight excluding hydrogens is 258 g/mol. The predicted molar refractivity (Wildman–Crippen MR) is 77.9 cm³/mol. The van der Waals surface area contributed by atoms with E-state index in [1.165, 1.54) is 0 Å². The second kappa shape index (κ2) is 4.72. The number of hydrogen-bond acceptors (Lipinski definition) is 4. The van der Waals surface area contributed by atoms with Crippen LogP contribution in [0.25, 0.3) is 11.0 Å². The lowest BCUT2D eigenvalue weighted by atomic mass is 10.1. The minimum Gasteiger partial charge on any atom is -0.497 e. The fraction of sp³-hybridized carbons (Fsp3) is 0.200. The van der Waals surface area contributed by atoms with Gasteiger partial charge in [-0.2, -0.15) is 0 Å². The van der Waals surface area contributed by atoms with E-state index < -0.39 is 0 Å². The molecular formula is C15H15NO2S. The van der Waals surface area contributed by atoms with Gasteiger partial charge in [0.1, 0.15) is 17.1 Å². The quantitative estimate of drug-likeness (QED) is 0.788. The summed E-state index contributed by atoms with van der Waals surface area (Å²) in [5, 5.41) is 3.11. The summed E-state index contributed by atoms with van der Waals surface area (Å²) in [5.74, 6) is 1.61. The van der Waals surface area contributed by atoms with Gasteiger partial charge < -0.3 is 14.9 Å². The molecule has 1 unspecified atom stereocenters. The molecule has 4 heteroatoms. The number of ether oxygens (including phenoxy) is 1. The Bertz CT molecular complexity index is 700. The topological polar surface area (TPSA) is 48.4 Å². The second-order valence-electron chi connectivity index (χ2n) is 4.45. The Kier molecular flexibility index (Phi) is 3.05. The van der Waals surface area contributed by atoms with Crippen molar-refractivity contribution in [1.29, 1.82) is 0 Å². The monoisotopic (exact) mass is 273 g/mol. The maximum absolute atomic E-state index is 6.28. The third-order valence-corrected chi connectivity index (χ3v) is 4.27. The first-order chi connectivity index (χ1) is 9.20. The number of nitrogens with two attached hydrogens (primary N) is 1. The van der Waals surface area contributed by atoms with E-state index in [-0.39, 0.29) is 6.04 Å². The first-order valence-corrected chi connectivity index (χ1v) is 6.94. The average Bonchev–Trinajstić information content (AvgIpc) is 3.06. The zero-order valence-corrected chi connectivity index (χ0v) is 11.7. The molecule has 0 aliphatic carbocycles. The predicted octanol–water partition coefficient (Wildman–Crippen LogP) is 3.86. The number of fused-ring (bicyclic) bond motifs is 1. The fourth-order valence-corrected chi connectivity index (χ4v) is 2.97. The number of furan rings is 1. The van der Waals surface area contributed by atoms with Gasteiger partial charge in [-0.1, -0.05) is 6.07 Å². The highest BCUT2D eigenvalue weighted by atomic mass is 32.1. The van der Waals surface area contributed by atoms with E-state index in [9.17, 15) is 0 Å². The Morgan fingerprint density at radius 3 is 2.84 bits per heavy atom. The lowest BCUT2D eigenvalue weighted by Gasteiger charge is -2.06. The zero-order valence-electron chi connectivity index (χ0n) is 10.8. The van der Waals surface area contributed by atoms with Crippen LogP contribution in [0.15, 0.2) is 40.1 Å². The van der Waals surface area contributed by atoms with Crippen LogP contribution in [0.1, 0.15) is 22.2 Å². The summed E-state index contributed by atoms with van der Waals surface area (Å²) < 4.78 is 11.1. The number of thiophene rings is 1. The summed E-state index contributed by atoms with van der Waals surface area (Å²) in [7, 11) is 1.65. The van der Waals surface area contributed by atoms with Crippen molar-refractivity contribution in [2.45, 2.75) is 13.0 Å². The lowest BCUT2D eigenvalue weighted by molar-refractivity contribution is 0.414. The molecule has 98 valence electrons. The van der Waals surface area contributed by atoms with Crippen LogP contribution in [0.3, 0.4) is 0 Å². The van der Waals surface area contributed by atoms with Gasteiger partial charge in [0, 0.05) is 21.9 Å². The standard InChI is InChI=1S/C15H15NO2S/c1-9-11-6-5-10(17-2)8-12(11)18-15(9)14(16)13-4-3-7-19-13/h3-8,14H,16H2,1-2H3. The van der Waals surface area contributed by atoms with Gasteiger partial charge in [-0.3, -0.25) is 0 Å². The number of methoxy groups -OCH3 is 1. The van der Waals surface area contributed by atoms with Crippen LogP contribution in [0.2, 0.25) is 0 Å². The summed E-state index contributed by atoms with van der Waals surface area (Å²) in [5.41, 5.74) is 8.20. The number of benzene rings is 1. The van der Waals surface area contributed by atoms with Crippen LogP contribution in [0.4, 0.5) is 0 Å². The Labute approximate surface area is 115 Å². The number of hydrogen-bond donors (Lipinski definition) is 1. The Morgan fingerprint density at radius 2 is 2.16 bits per heavy atom. The SMILES string of the molecule is COc1ccc2c(C)c(C(N)c3cccs3)oc2c1. The van der Waals surface area contributed by atoms with E-state index in [0.29, 0.717) is 0 Å². The molecule has 19 heavy (non-hydrogen) atoms. The van der Waals surface area contributed by atoms with Crippen molar-refractivity contribution in [3.8, 4) is 5.75 Å². The van der Waals surface area contributed by atoms with E-state index >= 15 is 0 Å². The van der Waals surface area contributed by atoms with Crippen LogP contribution in [0, 0.1) is 6.92 Å². The summed E-state index contributed by atoms with van der Waals surface area (Å²) in [6, 6.07) is 9.66. The summed E-state index contributed by atoms with van der Waals surface area (Å²) in [6.07, 6.45) is 0. The van der Waals surface area contributed by atoms with Crippen molar-refractivity contribution in [1.82, 2.24) is 0 Å². The van der Waals surface area contributed by atoms with Gasteiger partial charge >= 0.3 is 0 Å². The molecule has 3 aromatic rings. The highest BCUT2D eigenvalue weighted by Gasteiger charge is 2.19. The van der Waals surface area contributed by atoms with Crippen molar-refractivity contribution < 1.29 is 9.15 Å². The van der Waals surface area contributed by atoms with E-state index in [2.05, 4.69) is 0 Å². The van der Waals surface area contributed by atoms with E-state index in [1.54, 1.807) is 18.4 Å². The molecule has 0 fully saturated rings. The molecule has 3 nitrogen and oxygen atoms in total. The molecule has 0 saturated carbocycles. The molecule has 0 aliphatic heterocycles. The molecule has 1 atom stereocenters. The Hall–Kier alpha value is -1.78. The van der Waals surface area contributed by atoms with Crippen molar-refractivity contribution in [2.75, 3.05) is 7.11 Å². The smallest absolute Gasteiger partial charge is 0.138 e. The van der Waals surface area contributed by atoms with Crippen LogP contribution in [-0.4, -0.2) is 7.11 Å². The van der Waals surface area contributed by atoms with E-state index in [0.717, 1.165) is 32.9 Å². The first kappa shape index (κ1) is 12.3. The highest BCUT2D eigenvalue weighted by molar-refractivity contribution is 7.10. The van der Waals surface area contributed by atoms with Crippen molar-refractivity contribution in [2.24, 2.45) is 5.73 Å². The van der Waals surface area contributed by atoms with E-state index in [4.69, 9.17) is 14.9 Å². The molecule has 2 N–H and O–H groups in total. The third-order valence-electron chi connectivity index (χ3n) is 3.31. The molecule has 0 spiro atoms. The lowest BCUT2D eigenvalue weighted by Crippen LogP contribution is -2.10. The van der Waals surface area contributed by atoms with Gasteiger partial charge in [0.15, 0.2) is 0 Å². The van der Waals surface area contributed by atoms with Crippen molar-refractivity contribution in [3.63, 3.8) is 0 Å². The largest absolute Gasteiger partial charge is 0.497 e. The number of rotatable bonds is 3. The molecule has 0 amide bonds. The highest BCUT2D eigenvalue weighted by Crippen LogP contribution is 2.34. The van der Waals surface area contributed by atoms with Gasteiger partial charge in [-0.05, 0) is 30.5 Å². The van der Waals surface area contributed by atoms with Gasteiger partial charge in [-0.15, -0.1) is 11.3 Å². The summed E-state index contributed by atoms with van der Waals surface area (Å²) in [4.78, 5) is 1.11. The molecule has 2 aromatic heterocycles. The van der Waals surface area contributed by atoms with E-state index in [1.807, 2.05) is 42.6 Å². The maximum Gasteiger partial charge on any atom is 0.138 e. The second-order valence-corrected chi connectivity index (χ2v) is 5.43. The van der Waals surface area contributed by atoms with Crippen LogP contribution < -0.4 is 10.5 Å².